The summed E-state index contributed by atoms with van der Waals surface area (Å²) in [7, 11) is -2.64. The number of amides is 1. The zero-order valence-corrected chi connectivity index (χ0v) is 27.8. The Morgan fingerprint density at radius 2 is 1.50 bits per heavy atom. The van der Waals surface area contributed by atoms with Crippen molar-refractivity contribution in [3.05, 3.63) is 127 Å². The highest BCUT2D eigenvalue weighted by Crippen LogP contribution is 2.45. The molecule has 0 spiro atoms. The molecule has 0 aliphatic rings. The average Bonchev–Trinajstić information content (AvgIpc) is 3.11. The first-order chi connectivity index (χ1) is 23.2. The van der Waals surface area contributed by atoms with Crippen molar-refractivity contribution < 1.29 is 32.5 Å². The fraction of sp³-hybridized carbons (Fsp3) is 0.184. The van der Waals surface area contributed by atoms with Crippen molar-refractivity contribution in [1.82, 2.24) is 0 Å². The number of carbonyl (C=O) groups is 1. The zero-order chi connectivity index (χ0) is 34.1. The van der Waals surface area contributed by atoms with Crippen molar-refractivity contribution in [2.45, 2.75) is 18.7 Å². The highest BCUT2D eigenvalue weighted by Gasteiger charge is 2.31. The van der Waals surface area contributed by atoms with E-state index < -0.39 is 15.9 Å². The Morgan fingerprint density at radius 3 is 2.19 bits per heavy atom. The number of rotatable bonds is 14. The first kappa shape index (κ1) is 34.0. The molecule has 0 radical (unpaired) electrons. The van der Waals surface area contributed by atoms with E-state index in [1.54, 1.807) is 48.5 Å². The lowest BCUT2D eigenvalue weighted by molar-refractivity contribution is 0.102. The van der Waals surface area contributed by atoms with Crippen LogP contribution in [0.4, 0.5) is 11.4 Å². The molecular formula is C38H38N2O7S. The van der Waals surface area contributed by atoms with Crippen molar-refractivity contribution in [3.63, 3.8) is 0 Å². The van der Waals surface area contributed by atoms with Crippen LogP contribution in [0.25, 0.3) is 11.1 Å². The Morgan fingerprint density at radius 1 is 0.833 bits per heavy atom. The molecule has 0 bridgehead atoms. The molecule has 0 aliphatic carbocycles. The molecule has 0 saturated carbocycles. The second kappa shape index (κ2) is 15.5. The predicted octanol–water partition coefficient (Wildman–Crippen LogP) is 7.63. The Hall–Kier alpha value is -5.32. The summed E-state index contributed by atoms with van der Waals surface area (Å²) >= 11 is 0. The van der Waals surface area contributed by atoms with Crippen LogP contribution in [-0.4, -0.2) is 46.3 Å². The minimum Gasteiger partial charge on any atom is -0.497 e. The number of methoxy groups -OCH3 is 1. The number of anilines is 2. The number of nitrogens with zero attached hydrogens (tertiary/aromatic N) is 1. The number of nitrogens with one attached hydrogen (secondary N) is 1. The van der Waals surface area contributed by atoms with Crippen LogP contribution in [0.5, 0.6) is 23.0 Å². The minimum atomic E-state index is -4.17. The van der Waals surface area contributed by atoms with Crippen LogP contribution in [-0.2, 0) is 10.0 Å². The van der Waals surface area contributed by atoms with Crippen LogP contribution in [0, 0.1) is 5.92 Å². The van der Waals surface area contributed by atoms with Gasteiger partial charge in [0.25, 0.3) is 15.9 Å². The van der Waals surface area contributed by atoms with Crippen LogP contribution in [0.3, 0.4) is 0 Å². The van der Waals surface area contributed by atoms with Crippen LogP contribution < -0.4 is 23.8 Å². The number of hydrogen-bond donors (Lipinski definition) is 2. The van der Waals surface area contributed by atoms with Crippen molar-refractivity contribution in [3.8, 4) is 34.1 Å². The number of benzene rings is 5. The SMILES string of the molecule is COc1cccc(Oc2c(OCCO)cc(C(=O)Nc3ccccc3-c3ccccc3)cc2N(CC(C)C)S(=O)(=O)c2ccccc2)c1. The standard InChI is InChI=1S/C38H38N2O7S/c1-27(2)26-40(48(43,44)32-17-8-5-9-18-32)35-23-29(38(42)39-34-20-11-10-19-33(34)28-13-6-4-7-14-28)24-36(46-22-21-41)37(35)47-31-16-12-15-30(25-31)45-3/h4-20,23-25,27,41H,21-22,26H2,1-3H3,(H,39,42). The van der Waals surface area contributed by atoms with E-state index in [0.717, 1.165) is 11.1 Å². The van der Waals surface area contributed by atoms with Gasteiger partial charge in [0, 0.05) is 29.4 Å². The maximum atomic E-state index is 14.3. The van der Waals surface area contributed by atoms with Gasteiger partial charge < -0.3 is 24.6 Å². The Kier molecular flexibility index (Phi) is 11.0. The lowest BCUT2D eigenvalue weighted by Gasteiger charge is -2.29. The second-order valence-corrected chi connectivity index (χ2v) is 13.1. The Balaban J connectivity index is 1.69. The van der Waals surface area contributed by atoms with E-state index in [2.05, 4.69) is 5.32 Å². The molecule has 5 aromatic carbocycles. The summed E-state index contributed by atoms with van der Waals surface area (Å²) in [6.45, 7) is 3.40. The van der Waals surface area contributed by atoms with Gasteiger partial charge in [0.15, 0.2) is 11.5 Å². The van der Waals surface area contributed by atoms with Gasteiger partial charge in [0.05, 0.1) is 24.3 Å². The lowest BCUT2D eigenvalue weighted by atomic mass is 10.0. The van der Waals surface area contributed by atoms with Gasteiger partial charge >= 0.3 is 0 Å². The summed E-state index contributed by atoms with van der Waals surface area (Å²) in [6.07, 6.45) is 0. The van der Waals surface area contributed by atoms with Gasteiger partial charge in [-0.2, -0.15) is 0 Å². The second-order valence-electron chi connectivity index (χ2n) is 11.3. The molecule has 48 heavy (non-hydrogen) atoms. The molecule has 5 rings (SSSR count). The molecule has 0 aliphatic heterocycles. The summed E-state index contributed by atoms with van der Waals surface area (Å²) in [4.78, 5) is 14.1. The molecule has 0 atom stereocenters. The quantitative estimate of drug-likeness (QED) is 0.125. The molecule has 0 saturated heterocycles. The Bertz CT molecular complexity index is 1950. The van der Waals surface area contributed by atoms with Gasteiger partial charge in [0.1, 0.15) is 18.1 Å². The first-order valence-electron chi connectivity index (χ1n) is 15.5. The van der Waals surface area contributed by atoms with Gasteiger partial charge in [-0.25, -0.2) is 8.42 Å². The predicted molar refractivity (Wildman–Crippen MR) is 188 cm³/mol. The molecule has 5 aromatic rings. The molecular weight excluding hydrogens is 628 g/mol. The average molecular weight is 667 g/mol. The van der Waals surface area contributed by atoms with Gasteiger partial charge in [-0.05, 0) is 53.9 Å². The maximum Gasteiger partial charge on any atom is 0.264 e. The highest BCUT2D eigenvalue weighted by atomic mass is 32.2. The van der Waals surface area contributed by atoms with Gasteiger partial charge in [-0.3, -0.25) is 9.10 Å². The van der Waals surface area contributed by atoms with E-state index >= 15 is 0 Å². The van der Waals surface area contributed by atoms with Gasteiger partial charge in [0.2, 0.25) is 0 Å². The third-order valence-electron chi connectivity index (χ3n) is 7.30. The number of para-hydroxylation sites is 1. The molecule has 2 N–H and O–H groups in total. The molecule has 0 heterocycles. The molecule has 0 unspecified atom stereocenters. The number of aliphatic hydroxyl groups is 1. The van der Waals surface area contributed by atoms with E-state index in [0.29, 0.717) is 17.2 Å². The smallest absolute Gasteiger partial charge is 0.264 e. The third-order valence-corrected chi connectivity index (χ3v) is 9.09. The molecule has 0 aromatic heterocycles. The number of hydrogen-bond acceptors (Lipinski definition) is 7. The molecule has 0 fully saturated rings. The number of aliphatic hydroxyl groups excluding tert-OH is 1. The topological polar surface area (TPSA) is 114 Å². The first-order valence-corrected chi connectivity index (χ1v) is 16.9. The zero-order valence-electron chi connectivity index (χ0n) is 27.0. The maximum absolute atomic E-state index is 14.3. The number of sulfonamides is 1. The molecule has 9 nitrogen and oxygen atoms in total. The summed E-state index contributed by atoms with van der Waals surface area (Å²) in [5.74, 6) is 0.380. The van der Waals surface area contributed by atoms with E-state index in [1.807, 2.05) is 62.4 Å². The highest BCUT2D eigenvalue weighted by molar-refractivity contribution is 7.92. The number of carbonyl (C=O) groups excluding carboxylic acids is 1. The van der Waals surface area contributed by atoms with Crippen molar-refractivity contribution in [1.29, 1.82) is 0 Å². The normalized spacial score (nSPS) is 11.2. The fourth-order valence-corrected chi connectivity index (χ4v) is 6.73. The molecule has 1 amide bonds. The number of ether oxygens (including phenoxy) is 3. The van der Waals surface area contributed by atoms with Gasteiger partial charge in [-0.1, -0.05) is 86.6 Å². The van der Waals surface area contributed by atoms with Crippen molar-refractivity contribution >= 4 is 27.3 Å². The van der Waals surface area contributed by atoms with Gasteiger partial charge in [-0.15, -0.1) is 0 Å². The summed E-state index contributed by atoms with van der Waals surface area (Å²) in [5, 5.41) is 12.7. The lowest BCUT2D eigenvalue weighted by Crippen LogP contribution is -2.35. The third kappa shape index (κ3) is 7.96. The van der Waals surface area contributed by atoms with E-state index in [9.17, 15) is 18.3 Å². The van der Waals surface area contributed by atoms with Crippen LogP contribution in [0.15, 0.2) is 126 Å². The monoisotopic (exact) mass is 666 g/mol. The molecule has 248 valence electrons. The Labute approximate surface area is 281 Å². The minimum absolute atomic E-state index is 0.0538. The van der Waals surface area contributed by atoms with Crippen LogP contribution >= 0.6 is 0 Å². The summed E-state index contributed by atoms with van der Waals surface area (Å²) in [6, 6.07) is 35.0. The van der Waals surface area contributed by atoms with Crippen LogP contribution in [0.1, 0.15) is 24.2 Å². The molecule has 10 heteroatoms. The van der Waals surface area contributed by atoms with E-state index in [1.165, 1.54) is 35.7 Å². The summed E-state index contributed by atoms with van der Waals surface area (Å²) in [5.41, 5.74) is 2.51. The van der Waals surface area contributed by atoms with E-state index in [4.69, 9.17) is 14.2 Å². The van der Waals surface area contributed by atoms with Crippen molar-refractivity contribution in [2.24, 2.45) is 5.92 Å². The van der Waals surface area contributed by atoms with Crippen LogP contribution in [0.2, 0.25) is 0 Å². The fourth-order valence-electron chi connectivity index (χ4n) is 5.09. The summed E-state index contributed by atoms with van der Waals surface area (Å²) < 4.78 is 47.6. The van der Waals surface area contributed by atoms with E-state index in [-0.39, 0.29) is 53.3 Å². The largest absolute Gasteiger partial charge is 0.497 e. The van der Waals surface area contributed by atoms with Crippen molar-refractivity contribution in [2.75, 3.05) is 36.5 Å².